The van der Waals surface area contributed by atoms with Crippen LogP contribution in [0.15, 0.2) is 88.6 Å². The molecule has 0 radical (unpaired) electrons. The van der Waals surface area contributed by atoms with Crippen molar-refractivity contribution in [2.24, 2.45) is 9.98 Å². The molecule has 1 aromatic heterocycles. The van der Waals surface area contributed by atoms with Crippen molar-refractivity contribution in [2.45, 2.75) is 18.9 Å². The third-order valence-electron chi connectivity index (χ3n) is 6.74. The van der Waals surface area contributed by atoms with Crippen LogP contribution in [0, 0.1) is 0 Å². The molecule has 0 bridgehead atoms. The number of anilines is 1. The first-order chi connectivity index (χ1) is 16.7. The highest BCUT2D eigenvalue weighted by Crippen LogP contribution is 2.40. The van der Waals surface area contributed by atoms with Gasteiger partial charge in [-0.3, -0.25) is 0 Å². The number of nitrogens with zero attached hydrogens (tertiary/aromatic N) is 3. The van der Waals surface area contributed by atoms with E-state index in [1.54, 1.807) is 0 Å². The number of fused-ring (bicyclic) bond motifs is 2. The van der Waals surface area contributed by atoms with Gasteiger partial charge in [-0.1, -0.05) is 42.5 Å². The highest BCUT2D eigenvalue weighted by atomic mass is 16.3. The molecule has 0 amide bonds. The summed E-state index contributed by atoms with van der Waals surface area (Å²) in [4.78, 5) is 15.2. The van der Waals surface area contributed by atoms with Crippen molar-refractivity contribution >= 4 is 22.2 Å². The van der Waals surface area contributed by atoms with Crippen molar-refractivity contribution in [3.05, 3.63) is 100 Å². The van der Waals surface area contributed by atoms with Gasteiger partial charge in [0.25, 0.3) is 0 Å². The van der Waals surface area contributed by atoms with Gasteiger partial charge in [-0.2, -0.15) is 0 Å². The number of H-pyrrole nitrogens is 1. The van der Waals surface area contributed by atoms with Gasteiger partial charge in [-0.15, -0.1) is 0 Å². The summed E-state index contributed by atoms with van der Waals surface area (Å²) in [6, 6.07) is 24.6. The van der Waals surface area contributed by atoms with E-state index in [0.29, 0.717) is 11.9 Å². The molecule has 4 aromatic rings. The lowest BCUT2D eigenvalue weighted by atomic mass is 9.96. The number of benzene rings is 3. The molecular formula is C28H27N5O. The average molecular weight is 450 g/mol. The molecule has 6 nitrogen and oxygen atoms in total. The minimum Gasteiger partial charge on any atom is -0.494 e. The van der Waals surface area contributed by atoms with Gasteiger partial charge in [0.1, 0.15) is 0 Å². The van der Waals surface area contributed by atoms with E-state index in [4.69, 9.17) is 9.98 Å². The third kappa shape index (κ3) is 3.76. The summed E-state index contributed by atoms with van der Waals surface area (Å²) in [6.07, 6.45) is 2.24. The number of hydrogen-bond donors (Lipinski definition) is 3. The van der Waals surface area contributed by atoms with Crippen LogP contribution in [0.2, 0.25) is 0 Å². The first-order valence-corrected chi connectivity index (χ1v) is 11.8. The molecule has 1 saturated heterocycles. The van der Waals surface area contributed by atoms with Gasteiger partial charge in [0.05, 0.1) is 16.3 Å². The van der Waals surface area contributed by atoms with Crippen molar-refractivity contribution in [1.29, 1.82) is 0 Å². The number of aromatic nitrogens is 1. The Morgan fingerprint density at radius 2 is 1.62 bits per heavy atom. The van der Waals surface area contributed by atoms with Gasteiger partial charge in [-0.25, -0.2) is 9.98 Å². The fraction of sp³-hybridized carbons (Fsp3) is 0.214. The number of piperidine rings is 1. The molecular weight excluding hydrogens is 422 g/mol. The van der Waals surface area contributed by atoms with Crippen LogP contribution in [0.5, 0.6) is 5.88 Å². The zero-order chi connectivity index (χ0) is 23.1. The second-order valence-corrected chi connectivity index (χ2v) is 9.11. The zero-order valence-corrected chi connectivity index (χ0v) is 19.1. The van der Waals surface area contributed by atoms with Crippen LogP contribution in [0.4, 0.5) is 5.69 Å². The molecule has 0 saturated carbocycles. The Labute approximate surface area is 198 Å². The Bertz CT molecular complexity index is 1470. The smallest absolute Gasteiger partial charge is 0.197 e. The topological polar surface area (TPSA) is 76.0 Å². The average Bonchev–Trinajstić information content (AvgIpc) is 3.42. The summed E-state index contributed by atoms with van der Waals surface area (Å²) in [5, 5.41) is 17.4. The molecule has 0 atom stereocenters. The quantitative estimate of drug-likeness (QED) is 0.440. The molecule has 0 aliphatic carbocycles. The first kappa shape index (κ1) is 20.7. The highest BCUT2D eigenvalue weighted by molar-refractivity contribution is 6.01. The maximum absolute atomic E-state index is 11.1. The molecule has 3 heterocycles. The Morgan fingerprint density at radius 3 is 2.32 bits per heavy atom. The van der Waals surface area contributed by atoms with E-state index in [9.17, 15) is 5.11 Å². The fourth-order valence-electron chi connectivity index (χ4n) is 4.92. The van der Waals surface area contributed by atoms with Crippen molar-refractivity contribution in [2.75, 3.05) is 25.5 Å². The van der Waals surface area contributed by atoms with Crippen molar-refractivity contribution in [1.82, 2.24) is 9.88 Å². The molecule has 2 aliphatic rings. The number of rotatable bonds is 4. The zero-order valence-electron chi connectivity index (χ0n) is 19.1. The summed E-state index contributed by atoms with van der Waals surface area (Å²) in [7, 11) is 2.17. The third-order valence-corrected chi connectivity index (χ3v) is 6.74. The summed E-state index contributed by atoms with van der Waals surface area (Å²) in [5.74, 6) is 0.733. The van der Waals surface area contributed by atoms with Gasteiger partial charge < -0.3 is 20.3 Å². The predicted molar refractivity (Wildman–Crippen MR) is 135 cm³/mol. The van der Waals surface area contributed by atoms with Gasteiger partial charge in [0.15, 0.2) is 11.7 Å². The van der Waals surface area contributed by atoms with E-state index in [-0.39, 0.29) is 5.88 Å². The molecule has 2 aliphatic heterocycles. The van der Waals surface area contributed by atoms with Crippen LogP contribution in [0.25, 0.3) is 16.5 Å². The van der Waals surface area contributed by atoms with E-state index in [2.05, 4.69) is 34.4 Å². The SMILES string of the molecule is CN1CCC(Nc2ccc3[nH]c(O)c(C(=C4N=c5ccccc5=N4)c4ccccc4)c3c2)CC1. The van der Waals surface area contributed by atoms with E-state index in [0.717, 1.165) is 69.9 Å². The molecule has 6 rings (SSSR count). The number of likely N-dealkylation sites (tertiary alicyclic amines) is 1. The van der Waals surface area contributed by atoms with Crippen LogP contribution in [0.3, 0.4) is 0 Å². The molecule has 0 unspecified atom stereocenters. The minimum atomic E-state index is 0.124. The Morgan fingerprint density at radius 1 is 0.941 bits per heavy atom. The van der Waals surface area contributed by atoms with Crippen LogP contribution < -0.4 is 16.0 Å². The summed E-state index contributed by atoms with van der Waals surface area (Å²) in [6.45, 7) is 2.20. The lowest BCUT2D eigenvalue weighted by molar-refractivity contribution is 0.264. The van der Waals surface area contributed by atoms with Crippen LogP contribution in [0.1, 0.15) is 24.0 Å². The van der Waals surface area contributed by atoms with Gasteiger partial charge in [0.2, 0.25) is 0 Å². The van der Waals surface area contributed by atoms with E-state index >= 15 is 0 Å². The van der Waals surface area contributed by atoms with Crippen molar-refractivity contribution in [3.8, 4) is 5.88 Å². The molecule has 6 heteroatoms. The second kappa shape index (κ2) is 8.47. The maximum atomic E-state index is 11.1. The number of hydrogen-bond acceptors (Lipinski definition) is 5. The summed E-state index contributed by atoms with van der Waals surface area (Å²) in [5.41, 5.74) is 4.44. The molecule has 0 spiro atoms. The van der Waals surface area contributed by atoms with E-state index in [1.165, 1.54) is 0 Å². The summed E-state index contributed by atoms with van der Waals surface area (Å²) < 4.78 is 0. The lowest BCUT2D eigenvalue weighted by Crippen LogP contribution is -2.36. The maximum Gasteiger partial charge on any atom is 0.197 e. The van der Waals surface area contributed by atoms with Gasteiger partial charge in [0, 0.05) is 28.2 Å². The first-order valence-electron chi connectivity index (χ1n) is 11.8. The molecule has 1 fully saturated rings. The fourth-order valence-corrected chi connectivity index (χ4v) is 4.92. The van der Waals surface area contributed by atoms with Crippen molar-refractivity contribution < 1.29 is 5.11 Å². The largest absolute Gasteiger partial charge is 0.494 e. The normalized spacial score (nSPS) is 16.2. The highest BCUT2D eigenvalue weighted by Gasteiger charge is 2.23. The lowest BCUT2D eigenvalue weighted by Gasteiger charge is -2.30. The van der Waals surface area contributed by atoms with Crippen LogP contribution in [-0.2, 0) is 0 Å². The van der Waals surface area contributed by atoms with Crippen LogP contribution in [-0.4, -0.2) is 41.2 Å². The number of aromatic amines is 1. The monoisotopic (exact) mass is 449 g/mol. The number of nitrogens with one attached hydrogen (secondary N) is 2. The number of aromatic hydroxyl groups is 1. The van der Waals surface area contributed by atoms with Crippen LogP contribution >= 0.6 is 0 Å². The second-order valence-electron chi connectivity index (χ2n) is 9.11. The minimum absolute atomic E-state index is 0.124. The molecule has 170 valence electrons. The molecule has 3 aromatic carbocycles. The van der Waals surface area contributed by atoms with E-state index < -0.39 is 0 Å². The Hall–Kier alpha value is -3.90. The van der Waals surface area contributed by atoms with Gasteiger partial charge >= 0.3 is 0 Å². The number of para-hydroxylation sites is 2. The molecule has 3 N–H and O–H groups in total. The van der Waals surface area contributed by atoms with Gasteiger partial charge in [-0.05, 0) is 68.9 Å². The predicted octanol–water partition coefficient (Wildman–Crippen LogP) is 4.05. The van der Waals surface area contributed by atoms with E-state index in [1.807, 2.05) is 60.7 Å². The van der Waals surface area contributed by atoms with Crippen molar-refractivity contribution in [3.63, 3.8) is 0 Å². The Balaban J connectivity index is 1.50. The standard InChI is InChI=1S/C28H27N5O/c1-33-15-13-19(14-16-33)29-20-11-12-22-21(17-20)26(28(34)32-22)25(18-7-3-2-4-8-18)27-30-23-9-5-6-10-24(23)31-27/h2-12,17,19,29,32,34H,13-16H2,1H3. The molecule has 34 heavy (non-hydrogen) atoms. The Kier molecular flexibility index (Phi) is 5.15. The summed E-state index contributed by atoms with van der Waals surface area (Å²) >= 11 is 0.